The van der Waals surface area contributed by atoms with Crippen molar-refractivity contribution >= 4 is 28.1 Å². The summed E-state index contributed by atoms with van der Waals surface area (Å²) in [5.74, 6) is 0.954. The molecule has 7 heteroatoms. The third-order valence-corrected chi connectivity index (χ3v) is 7.03. The van der Waals surface area contributed by atoms with Gasteiger partial charge in [-0.1, -0.05) is 18.6 Å². The molecular weight excluding hydrogens is 384 g/mol. The first kappa shape index (κ1) is 21.8. The Morgan fingerprint density at radius 1 is 1.34 bits per heavy atom. The maximum Gasteiger partial charge on any atom is 0.140 e. The van der Waals surface area contributed by atoms with Crippen LogP contribution in [0.5, 0.6) is 0 Å². The molecule has 1 aliphatic rings. The summed E-state index contributed by atoms with van der Waals surface area (Å²) < 4.78 is 17.0. The molecule has 3 rings (SSSR count). The van der Waals surface area contributed by atoms with Crippen molar-refractivity contribution < 1.29 is 9.29 Å². The molecule has 2 atom stereocenters. The number of hydrogen-bond donors (Lipinski definition) is 1. The molecule has 0 radical (unpaired) electrons. The zero-order chi connectivity index (χ0) is 21.3. The van der Waals surface area contributed by atoms with Gasteiger partial charge in [-0.2, -0.15) is 10.4 Å². The number of aryl methyl sites for hydroxylation is 1. The topological polar surface area (TPSA) is 98.2 Å². The van der Waals surface area contributed by atoms with Crippen LogP contribution in [-0.4, -0.2) is 40.6 Å². The van der Waals surface area contributed by atoms with Gasteiger partial charge >= 0.3 is 0 Å². The number of benzene rings is 1. The summed E-state index contributed by atoms with van der Waals surface area (Å²) in [5.41, 5.74) is 4.60. The van der Waals surface area contributed by atoms with E-state index in [4.69, 9.17) is 14.9 Å². The van der Waals surface area contributed by atoms with Gasteiger partial charge in [0, 0.05) is 41.8 Å². The number of hydrogen-bond acceptors (Lipinski definition) is 6. The minimum Gasteiger partial charge on any atom is -0.598 e. The normalized spacial score (nSPS) is 17.2. The van der Waals surface area contributed by atoms with Crippen molar-refractivity contribution in [3.8, 4) is 6.07 Å². The van der Waals surface area contributed by atoms with Gasteiger partial charge in [-0.25, -0.2) is 4.98 Å². The van der Waals surface area contributed by atoms with Gasteiger partial charge in [-0.05, 0) is 45.2 Å². The standard InChI is InChI=1S/C22H30N4O2S/c1-14-10-17(15(2)12-22(4,5)29(24)27)20-18(11-14)19(13-23)16(3)21(25-20)26-6-8-28-9-7-26/h10-11,15H,6-9,12,24H2,1-5H3. The summed E-state index contributed by atoms with van der Waals surface area (Å²) in [4.78, 5) is 7.26. The molecule has 29 heavy (non-hydrogen) atoms. The fourth-order valence-electron chi connectivity index (χ4n) is 4.16. The summed E-state index contributed by atoms with van der Waals surface area (Å²) in [6, 6.07) is 6.59. The van der Waals surface area contributed by atoms with E-state index >= 15 is 0 Å². The number of pyridine rings is 1. The molecule has 6 nitrogen and oxygen atoms in total. The van der Waals surface area contributed by atoms with Crippen LogP contribution < -0.4 is 10.0 Å². The largest absolute Gasteiger partial charge is 0.598 e. The number of ether oxygens (including phenoxy) is 1. The minimum absolute atomic E-state index is 0.0965. The first-order valence-corrected chi connectivity index (χ1v) is 11.2. The second-order valence-corrected chi connectivity index (χ2v) is 10.3. The van der Waals surface area contributed by atoms with Crippen molar-refractivity contribution in [2.75, 3.05) is 31.2 Å². The molecule has 0 saturated carbocycles. The Morgan fingerprint density at radius 3 is 2.59 bits per heavy atom. The van der Waals surface area contributed by atoms with Gasteiger partial charge in [0.05, 0.1) is 24.3 Å². The molecule has 2 unspecified atom stereocenters. The Hall–Kier alpha value is -1.85. The summed E-state index contributed by atoms with van der Waals surface area (Å²) in [6.45, 7) is 12.8. The summed E-state index contributed by atoms with van der Waals surface area (Å²) in [6.07, 6.45) is 0.666. The Morgan fingerprint density at radius 2 is 2.00 bits per heavy atom. The highest BCUT2D eigenvalue weighted by molar-refractivity contribution is 7.90. The number of morpholine rings is 1. The van der Waals surface area contributed by atoms with Gasteiger partial charge in [0.25, 0.3) is 0 Å². The zero-order valence-electron chi connectivity index (χ0n) is 17.9. The second-order valence-electron chi connectivity index (χ2n) is 8.56. The monoisotopic (exact) mass is 414 g/mol. The van der Waals surface area contributed by atoms with Crippen molar-refractivity contribution in [3.63, 3.8) is 0 Å². The van der Waals surface area contributed by atoms with E-state index < -0.39 is 16.1 Å². The van der Waals surface area contributed by atoms with Crippen molar-refractivity contribution in [3.05, 3.63) is 34.4 Å². The average molecular weight is 415 g/mol. The molecule has 1 aromatic heterocycles. The van der Waals surface area contributed by atoms with Crippen molar-refractivity contribution in [1.82, 2.24) is 4.98 Å². The van der Waals surface area contributed by atoms with Crippen molar-refractivity contribution in [1.29, 1.82) is 5.26 Å². The Balaban J connectivity index is 2.19. The molecule has 1 saturated heterocycles. The quantitative estimate of drug-likeness (QED) is 0.753. The number of nitrogens with two attached hydrogens (primary N) is 1. The van der Waals surface area contributed by atoms with Gasteiger partial charge in [-0.15, -0.1) is 0 Å². The van der Waals surface area contributed by atoms with Gasteiger partial charge in [0.15, 0.2) is 0 Å². The summed E-state index contributed by atoms with van der Waals surface area (Å²) in [7, 11) is 0. The van der Waals surface area contributed by atoms with Crippen LogP contribution in [0.15, 0.2) is 12.1 Å². The third kappa shape index (κ3) is 4.36. The molecule has 1 aliphatic heterocycles. The lowest BCUT2D eigenvalue weighted by molar-refractivity contribution is 0.122. The number of nitriles is 1. The van der Waals surface area contributed by atoms with Gasteiger partial charge in [-0.3, -0.25) is 0 Å². The predicted molar refractivity (Wildman–Crippen MR) is 118 cm³/mol. The smallest absolute Gasteiger partial charge is 0.140 e. The fraction of sp³-hybridized carbons (Fsp3) is 0.545. The highest BCUT2D eigenvalue weighted by Crippen LogP contribution is 2.37. The van der Waals surface area contributed by atoms with E-state index in [0.717, 1.165) is 46.5 Å². The molecule has 156 valence electrons. The third-order valence-electron chi connectivity index (χ3n) is 5.78. The van der Waals surface area contributed by atoms with Crippen LogP contribution in [0.3, 0.4) is 0 Å². The van der Waals surface area contributed by atoms with Crippen LogP contribution in [0.4, 0.5) is 5.82 Å². The Labute approximate surface area is 176 Å². The van der Waals surface area contributed by atoms with E-state index in [1.807, 2.05) is 33.8 Å². The molecule has 0 amide bonds. The molecule has 2 heterocycles. The maximum atomic E-state index is 12.0. The van der Waals surface area contributed by atoms with Crippen LogP contribution in [0.25, 0.3) is 10.9 Å². The van der Waals surface area contributed by atoms with Crippen LogP contribution in [0.1, 0.15) is 55.4 Å². The molecule has 1 fully saturated rings. The van der Waals surface area contributed by atoms with Gasteiger partial charge in [0.2, 0.25) is 0 Å². The highest BCUT2D eigenvalue weighted by atomic mass is 32.2. The SMILES string of the molecule is Cc1cc(C(C)CC(C)(C)[S+](N)[O-])c2nc(N3CCOCC3)c(C)c(C#N)c2c1. The van der Waals surface area contributed by atoms with E-state index in [1.165, 1.54) is 0 Å². The number of fused-ring (bicyclic) bond motifs is 1. The van der Waals surface area contributed by atoms with Gasteiger partial charge in [0.1, 0.15) is 16.6 Å². The number of nitrogens with zero attached hydrogens (tertiary/aromatic N) is 3. The molecular formula is C22H30N4O2S. The highest BCUT2D eigenvalue weighted by Gasteiger charge is 2.33. The number of aromatic nitrogens is 1. The number of rotatable bonds is 5. The molecule has 2 aromatic rings. The first-order chi connectivity index (χ1) is 13.7. The van der Waals surface area contributed by atoms with E-state index in [-0.39, 0.29) is 5.92 Å². The molecule has 0 spiro atoms. The Kier molecular flexibility index (Phi) is 6.39. The van der Waals surface area contributed by atoms with Crippen LogP contribution in [0, 0.1) is 25.2 Å². The minimum atomic E-state index is -1.42. The van der Waals surface area contributed by atoms with E-state index in [2.05, 4.69) is 24.0 Å². The van der Waals surface area contributed by atoms with Gasteiger partial charge < -0.3 is 14.2 Å². The predicted octanol–water partition coefficient (Wildman–Crippen LogP) is 3.45. The molecule has 0 bridgehead atoms. The van der Waals surface area contributed by atoms with Crippen molar-refractivity contribution in [2.45, 2.75) is 51.7 Å². The first-order valence-electron chi connectivity index (χ1n) is 9.99. The summed E-state index contributed by atoms with van der Waals surface area (Å²) >= 11 is -1.42. The van der Waals surface area contributed by atoms with E-state index in [0.29, 0.717) is 25.2 Å². The van der Waals surface area contributed by atoms with E-state index in [9.17, 15) is 9.81 Å². The zero-order valence-corrected chi connectivity index (χ0v) is 18.7. The lowest BCUT2D eigenvalue weighted by atomic mass is 9.87. The van der Waals surface area contributed by atoms with Crippen LogP contribution in [0.2, 0.25) is 0 Å². The van der Waals surface area contributed by atoms with E-state index in [1.54, 1.807) is 0 Å². The maximum absolute atomic E-state index is 12.0. The lowest BCUT2D eigenvalue weighted by Crippen LogP contribution is -2.38. The number of anilines is 1. The Bertz CT molecular complexity index is 946. The fourth-order valence-corrected chi connectivity index (χ4v) is 4.57. The molecule has 2 N–H and O–H groups in total. The van der Waals surface area contributed by atoms with Crippen LogP contribution in [-0.2, 0) is 16.1 Å². The molecule has 1 aromatic carbocycles. The van der Waals surface area contributed by atoms with Crippen LogP contribution >= 0.6 is 0 Å². The van der Waals surface area contributed by atoms with Crippen molar-refractivity contribution in [2.24, 2.45) is 5.14 Å². The second kappa shape index (κ2) is 8.49. The lowest BCUT2D eigenvalue weighted by Gasteiger charge is -2.31. The molecule has 0 aliphatic carbocycles. The average Bonchev–Trinajstić information content (AvgIpc) is 2.67. The summed E-state index contributed by atoms with van der Waals surface area (Å²) in [5, 5.41) is 16.5.